The van der Waals surface area contributed by atoms with E-state index in [0.717, 1.165) is 11.7 Å². The summed E-state index contributed by atoms with van der Waals surface area (Å²) in [6, 6.07) is 1.19. The van der Waals surface area contributed by atoms with E-state index in [4.69, 9.17) is 14.4 Å². The molecule has 1 aliphatic rings. The quantitative estimate of drug-likeness (QED) is 0.802. The molecule has 2 heterocycles. The average Bonchev–Trinajstić information content (AvgIpc) is 2.68. The number of rotatable bonds is 5. The molecule has 0 bridgehead atoms. The van der Waals surface area contributed by atoms with Crippen molar-refractivity contribution < 1.29 is 23.6 Å². The molecule has 0 atom stereocenters. The number of carboxylic acids is 1. The van der Waals surface area contributed by atoms with Crippen LogP contribution in [-0.4, -0.2) is 48.0 Å². The van der Waals surface area contributed by atoms with Crippen LogP contribution in [0.5, 0.6) is 0 Å². The molecule has 24 heavy (non-hydrogen) atoms. The van der Waals surface area contributed by atoms with Crippen molar-refractivity contribution in [2.45, 2.75) is 38.9 Å². The molecular formula is C16H22BFN2O4. The lowest BCUT2D eigenvalue weighted by Crippen LogP contribution is -2.41. The Bertz CT molecular complexity index is 660. The number of likely N-dealkylation sites (N-methyl/N-ethyl adjacent to an activating group) is 1. The topological polar surface area (TPSA) is 80.7 Å². The minimum Gasteiger partial charge on any atom is -0.478 e. The Balaban J connectivity index is 2.37. The van der Waals surface area contributed by atoms with Crippen LogP contribution in [0.15, 0.2) is 17.7 Å². The highest BCUT2D eigenvalue weighted by Gasteiger charge is 2.52. The fourth-order valence-electron chi connectivity index (χ4n) is 2.29. The van der Waals surface area contributed by atoms with E-state index in [1.54, 1.807) is 13.1 Å². The Kier molecular flexibility index (Phi) is 5.12. The first-order valence-corrected chi connectivity index (χ1v) is 7.67. The monoisotopic (exact) mass is 336 g/mol. The predicted molar refractivity (Wildman–Crippen MR) is 89.1 cm³/mol. The van der Waals surface area contributed by atoms with E-state index in [2.05, 4.69) is 10.3 Å². The highest BCUT2D eigenvalue weighted by atomic mass is 19.1. The Hall–Kier alpha value is -1.77. The van der Waals surface area contributed by atoms with Crippen molar-refractivity contribution in [3.63, 3.8) is 0 Å². The van der Waals surface area contributed by atoms with E-state index >= 15 is 0 Å². The number of carbonyl (C=O) groups is 1. The summed E-state index contributed by atoms with van der Waals surface area (Å²) in [6.45, 7) is 8.25. The molecule has 1 aliphatic heterocycles. The van der Waals surface area contributed by atoms with Crippen LogP contribution >= 0.6 is 0 Å². The SMILES string of the molecule is CNCC(=Cc1cc(C(=O)O)c(F)cn1)B1OC(C)(C)C(C)(C)O1. The zero-order chi connectivity index (χ0) is 18.1. The number of halogens is 1. The third kappa shape index (κ3) is 3.66. The summed E-state index contributed by atoms with van der Waals surface area (Å²) in [5.74, 6) is -2.21. The van der Waals surface area contributed by atoms with Gasteiger partial charge < -0.3 is 19.7 Å². The Morgan fingerprint density at radius 1 is 1.38 bits per heavy atom. The molecule has 0 saturated carbocycles. The first-order valence-electron chi connectivity index (χ1n) is 7.67. The highest BCUT2D eigenvalue weighted by Crippen LogP contribution is 2.38. The van der Waals surface area contributed by atoms with Crippen molar-refractivity contribution in [1.82, 2.24) is 10.3 Å². The molecule has 0 radical (unpaired) electrons. The average molecular weight is 336 g/mol. The van der Waals surface area contributed by atoms with Gasteiger partial charge in [-0.3, -0.25) is 4.98 Å². The summed E-state index contributed by atoms with van der Waals surface area (Å²) < 4.78 is 25.5. The molecule has 1 aromatic heterocycles. The first-order chi connectivity index (χ1) is 11.1. The van der Waals surface area contributed by atoms with Crippen LogP contribution in [-0.2, 0) is 9.31 Å². The molecule has 0 aliphatic carbocycles. The molecule has 0 aromatic carbocycles. The number of aromatic nitrogens is 1. The second-order valence-electron chi connectivity index (χ2n) is 6.73. The normalized spacial score (nSPS) is 19.6. The van der Waals surface area contributed by atoms with Crippen LogP contribution in [0.25, 0.3) is 6.08 Å². The summed E-state index contributed by atoms with van der Waals surface area (Å²) in [7, 11) is 1.18. The fourth-order valence-corrected chi connectivity index (χ4v) is 2.29. The molecule has 2 rings (SSSR count). The number of nitrogens with zero attached hydrogens (tertiary/aromatic N) is 1. The van der Waals surface area contributed by atoms with Gasteiger partial charge in [0, 0.05) is 6.54 Å². The lowest BCUT2D eigenvalue weighted by Gasteiger charge is -2.32. The molecule has 1 fully saturated rings. The van der Waals surface area contributed by atoms with Gasteiger partial charge >= 0.3 is 13.1 Å². The minimum atomic E-state index is -1.34. The Morgan fingerprint density at radius 3 is 2.46 bits per heavy atom. The standard InChI is InChI=1S/C16H22BFN2O4/c1-15(2)16(3,4)24-17(23-15)10(8-19-5)6-11-7-12(14(21)22)13(18)9-20-11/h6-7,9,19H,8H2,1-5H3,(H,21,22). The Labute approximate surface area is 141 Å². The van der Waals surface area contributed by atoms with Gasteiger partial charge in [0.05, 0.1) is 28.7 Å². The third-order valence-corrected chi connectivity index (χ3v) is 4.38. The number of pyridine rings is 1. The van der Waals surface area contributed by atoms with Gasteiger partial charge in [-0.25, -0.2) is 9.18 Å². The molecule has 0 spiro atoms. The van der Waals surface area contributed by atoms with Crippen molar-refractivity contribution in [2.75, 3.05) is 13.6 Å². The van der Waals surface area contributed by atoms with Crippen LogP contribution in [0.1, 0.15) is 43.7 Å². The zero-order valence-electron chi connectivity index (χ0n) is 14.5. The molecule has 8 heteroatoms. The minimum absolute atomic E-state index is 0.328. The van der Waals surface area contributed by atoms with E-state index in [9.17, 15) is 9.18 Å². The predicted octanol–water partition coefficient (Wildman–Crippen LogP) is 2.15. The molecular weight excluding hydrogens is 314 g/mol. The molecule has 0 amide bonds. The maximum atomic E-state index is 13.5. The smallest absolute Gasteiger partial charge is 0.478 e. The van der Waals surface area contributed by atoms with Gasteiger partial charge in [0.2, 0.25) is 0 Å². The zero-order valence-corrected chi connectivity index (χ0v) is 14.5. The van der Waals surface area contributed by atoms with Crippen molar-refractivity contribution in [2.24, 2.45) is 0 Å². The van der Waals surface area contributed by atoms with Crippen LogP contribution in [0.4, 0.5) is 4.39 Å². The molecule has 130 valence electrons. The number of carboxylic acid groups (broad SMARTS) is 1. The van der Waals surface area contributed by atoms with Crippen molar-refractivity contribution >= 4 is 19.2 Å². The van der Waals surface area contributed by atoms with E-state index in [1.165, 1.54) is 6.07 Å². The van der Waals surface area contributed by atoms with Gasteiger partial charge in [-0.2, -0.15) is 0 Å². The summed E-state index contributed by atoms with van der Waals surface area (Å²) in [5.41, 5.74) is -0.339. The van der Waals surface area contributed by atoms with Crippen molar-refractivity contribution in [3.8, 4) is 0 Å². The highest BCUT2D eigenvalue weighted by molar-refractivity contribution is 6.55. The van der Waals surface area contributed by atoms with Crippen LogP contribution in [0.2, 0.25) is 0 Å². The maximum absolute atomic E-state index is 13.5. The van der Waals surface area contributed by atoms with Crippen molar-refractivity contribution in [1.29, 1.82) is 0 Å². The fraction of sp³-hybridized carbons (Fsp3) is 0.500. The van der Waals surface area contributed by atoms with E-state index < -0.39 is 35.7 Å². The van der Waals surface area contributed by atoms with E-state index in [-0.39, 0.29) is 0 Å². The van der Waals surface area contributed by atoms with Gasteiger partial charge in [-0.05, 0) is 52.4 Å². The molecule has 0 unspecified atom stereocenters. The number of aromatic carboxylic acids is 1. The van der Waals surface area contributed by atoms with Gasteiger partial charge in [-0.15, -0.1) is 0 Å². The largest absolute Gasteiger partial charge is 0.491 e. The summed E-state index contributed by atoms with van der Waals surface area (Å²) in [5, 5.41) is 12.0. The summed E-state index contributed by atoms with van der Waals surface area (Å²) >= 11 is 0. The second kappa shape index (κ2) is 6.62. The molecule has 2 N–H and O–H groups in total. The molecule has 1 aromatic rings. The van der Waals surface area contributed by atoms with Crippen molar-refractivity contribution in [3.05, 3.63) is 34.8 Å². The first kappa shape index (κ1) is 18.6. The van der Waals surface area contributed by atoms with E-state index in [1.807, 2.05) is 27.7 Å². The third-order valence-electron chi connectivity index (χ3n) is 4.38. The van der Waals surface area contributed by atoms with E-state index in [0.29, 0.717) is 12.2 Å². The van der Waals surface area contributed by atoms with Crippen LogP contribution in [0.3, 0.4) is 0 Å². The molecule has 1 saturated heterocycles. The number of nitrogens with one attached hydrogen (secondary N) is 1. The lowest BCUT2D eigenvalue weighted by molar-refractivity contribution is 0.00578. The second-order valence-corrected chi connectivity index (χ2v) is 6.73. The number of hydrogen-bond donors (Lipinski definition) is 2. The maximum Gasteiger partial charge on any atom is 0.491 e. The number of hydrogen-bond acceptors (Lipinski definition) is 5. The van der Waals surface area contributed by atoms with Gasteiger partial charge in [0.25, 0.3) is 0 Å². The van der Waals surface area contributed by atoms with Crippen LogP contribution < -0.4 is 5.32 Å². The van der Waals surface area contributed by atoms with Crippen LogP contribution in [0, 0.1) is 5.82 Å². The Morgan fingerprint density at radius 2 is 1.96 bits per heavy atom. The summed E-state index contributed by atoms with van der Waals surface area (Å²) in [4.78, 5) is 15.0. The van der Waals surface area contributed by atoms with Gasteiger partial charge in [0.1, 0.15) is 0 Å². The summed E-state index contributed by atoms with van der Waals surface area (Å²) in [6.07, 6.45) is 2.56. The lowest BCUT2D eigenvalue weighted by atomic mass is 9.77. The van der Waals surface area contributed by atoms with Gasteiger partial charge in [0.15, 0.2) is 5.82 Å². The van der Waals surface area contributed by atoms with Gasteiger partial charge in [-0.1, -0.05) is 0 Å². The molecule has 6 nitrogen and oxygen atoms in total.